The van der Waals surface area contributed by atoms with Gasteiger partial charge in [-0.1, -0.05) is 6.07 Å². The van der Waals surface area contributed by atoms with Gasteiger partial charge in [-0.2, -0.15) is 0 Å². The minimum absolute atomic E-state index is 0.258. The predicted octanol–water partition coefficient (Wildman–Crippen LogP) is 3.49. The summed E-state index contributed by atoms with van der Waals surface area (Å²) in [5.74, 6) is 3.08. The van der Waals surface area contributed by atoms with Crippen LogP contribution in [-0.2, 0) is 12.8 Å². The van der Waals surface area contributed by atoms with Crippen molar-refractivity contribution in [2.75, 3.05) is 42.0 Å². The van der Waals surface area contributed by atoms with Crippen LogP contribution in [0.2, 0.25) is 0 Å². The van der Waals surface area contributed by atoms with E-state index in [1.807, 2.05) is 6.07 Å². The van der Waals surface area contributed by atoms with Gasteiger partial charge in [0, 0.05) is 12.6 Å². The molecule has 0 spiro atoms. The quantitative estimate of drug-likeness (QED) is 0.819. The van der Waals surface area contributed by atoms with E-state index in [1.165, 1.54) is 16.7 Å². The molecule has 0 N–H and O–H groups in total. The number of nitrogens with zero attached hydrogens (tertiary/aromatic N) is 1. The summed E-state index contributed by atoms with van der Waals surface area (Å²) in [5, 5.41) is 0. The Hall–Kier alpha value is -2.40. The maximum Gasteiger partial charge on any atom is 0.161 e. The highest BCUT2D eigenvalue weighted by molar-refractivity contribution is 5.49. The van der Waals surface area contributed by atoms with Crippen LogP contribution in [-0.4, -0.2) is 46.9 Å². The van der Waals surface area contributed by atoms with Gasteiger partial charge in [0.1, 0.15) is 0 Å². The SMILES string of the molecule is COc1ccc(C2Cc3cc(OC)c(OC)cc3CCN2C)cc1OC. The minimum Gasteiger partial charge on any atom is -0.493 e. The molecule has 0 amide bonds. The van der Waals surface area contributed by atoms with Crippen LogP contribution in [0.5, 0.6) is 23.0 Å². The Balaban J connectivity index is 1.99. The first kappa shape index (κ1) is 18.4. The van der Waals surface area contributed by atoms with Crippen molar-refractivity contribution in [3.8, 4) is 23.0 Å². The second-order valence-corrected chi connectivity index (χ2v) is 6.54. The summed E-state index contributed by atoms with van der Waals surface area (Å²) in [5.41, 5.74) is 3.83. The molecule has 3 rings (SSSR count). The van der Waals surface area contributed by atoms with E-state index in [0.29, 0.717) is 0 Å². The first-order chi connectivity index (χ1) is 12.6. The predicted molar refractivity (Wildman–Crippen MR) is 102 cm³/mol. The van der Waals surface area contributed by atoms with Crippen molar-refractivity contribution in [3.05, 3.63) is 47.0 Å². The molecular weight excluding hydrogens is 330 g/mol. The first-order valence-corrected chi connectivity index (χ1v) is 8.77. The van der Waals surface area contributed by atoms with Crippen molar-refractivity contribution >= 4 is 0 Å². The Labute approximate surface area is 155 Å². The Morgan fingerprint density at radius 3 is 1.96 bits per heavy atom. The van der Waals surface area contributed by atoms with Crippen LogP contribution in [0.15, 0.2) is 30.3 Å². The second kappa shape index (κ2) is 7.87. The molecule has 0 radical (unpaired) electrons. The lowest BCUT2D eigenvalue weighted by Crippen LogP contribution is -2.26. The maximum atomic E-state index is 5.50. The van der Waals surface area contributed by atoms with Crippen LogP contribution in [0.4, 0.5) is 0 Å². The van der Waals surface area contributed by atoms with Gasteiger partial charge < -0.3 is 18.9 Å². The summed E-state index contributed by atoms with van der Waals surface area (Å²) >= 11 is 0. The molecule has 0 saturated heterocycles. The van der Waals surface area contributed by atoms with Crippen LogP contribution in [0.1, 0.15) is 22.7 Å². The number of hydrogen-bond acceptors (Lipinski definition) is 5. The largest absolute Gasteiger partial charge is 0.493 e. The van der Waals surface area contributed by atoms with Crippen molar-refractivity contribution in [3.63, 3.8) is 0 Å². The summed E-state index contributed by atoms with van der Waals surface area (Å²) in [6.07, 6.45) is 1.89. The molecule has 0 bridgehead atoms. The highest BCUT2D eigenvalue weighted by Crippen LogP contribution is 2.38. The van der Waals surface area contributed by atoms with Gasteiger partial charge >= 0.3 is 0 Å². The van der Waals surface area contributed by atoms with Crippen LogP contribution in [0.25, 0.3) is 0 Å². The number of ether oxygens (including phenoxy) is 4. The molecule has 140 valence electrons. The standard InChI is InChI=1S/C21H27NO4/c1-22-9-8-14-11-20(25-4)21(26-5)13-16(14)10-17(22)15-6-7-18(23-2)19(12-15)24-3/h6-7,11-13,17H,8-10H2,1-5H3. The molecule has 2 aromatic carbocycles. The molecule has 1 aliphatic heterocycles. The van der Waals surface area contributed by atoms with E-state index in [4.69, 9.17) is 18.9 Å². The monoisotopic (exact) mass is 357 g/mol. The van der Waals surface area contributed by atoms with Crippen molar-refractivity contribution in [2.24, 2.45) is 0 Å². The third-order valence-corrected chi connectivity index (χ3v) is 5.18. The topological polar surface area (TPSA) is 40.2 Å². The maximum absolute atomic E-state index is 5.50. The summed E-state index contributed by atoms with van der Waals surface area (Å²) in [7, 11) is 8.86. The molecule has 1 heterocycles. The number of likely N-dealkylation sites (N-methyl/N-ethyl adjacent to an activating group) is 1. The van der Waals surface area contributed by atoms with E-state index in [0.717, 1.165) is 42.4 Å². The van der Waals surface area contributed by atoms with Crippen LogP contribution >= 0.6 is 0 Å². The third kappa shape index (κ3) is 3.44. The summed E-state index contributed by atoms with van der Waals surface area (Å²) in [6, 6.07) is 10.6. The Kier molecular flexibility index (Phi) is 5.57. The average molecular weight is 357 g/mol. The molecule has 1 unspecified atom stereocenters. The van der Waals surface area contributed by atoms with Gasteiger partial charge in [-0.25, -0.2) is 0 Å². The number of benzene rings is 2. The van der Waals surface area contributed by atoms with Crippen molar-refractivity contribution in [1.82, 2.24) is 4.90 Å². The number of fused-ring (bicyclic) bond motifs is 1. The molecule has 26 heavy (non-hydrogen) atoms. The van der Waals surface area contributed by atoms with E-state index in [1.54, 1.807) is 28.4 Å². The zero-order valence-corrected chi connectivity index (χ0v) is 16.2. The van der Waals surface area contributed by atoms with E-state index in [-0.39, 0.29) is 6.04 Å². The van der Waals surface area contributed by atoms with Crippen LogP contribution < -0.4 is 18.9 Å². The summed E-state index contributed by atoms with van der Waals surface area (Å²) < 4.78 is 21.8. The second-order valence-electron chi connectivity index (χ2n) is 6.54. The molecule has 0 saturated carbocycles. The van der Waals surface area contributed by atoms with Gasteiger partial charge in [0.15, 0.2) is 23.0 Å². The fourth-order valence-electron chi connectivity index (χ4n) is 3.64. The normalized spacial score (nSPS) is 17.2. The van der Waals surface area contributed by atoms with E-state index in [9.17, 15) is 0 Å². The smallest absolute Gasteiger partial charge is 0.161 e. The lowest BCUT2D eigenvalue weighted by molar-refractivity contribution is 0.253. The average Bonchev–Trinajstić information content (AvgIpc) is 2.84. The van der Waals surface area contributed by atoms with Crippen molar-refractivity contribution < 1.29 is 18.9 Å². The van der Waals surface area contributed by atoms with Gasteiger partial charge in [0.2, 0.25) is 0 Å². The van der Waals surface area contributed by atoms with Crippen LogP contribution in [0, 0.1) is 0 Å². The van der Waals surface area contributed by atoms with Gasteiger partial charge in [0.25, 0.3) is 0 Å². The molecule has 0 fully saturated rings. The molecule has 0 aliphatic carbocycles. The zero-order valence-electron chi connectivity index (χ0n) is 16.2. The Morgan fingerprint density at radius 2 is 1.35 bits per heavy atom. The molecule has 5 nitrogen and oxygen atoms in total. The highest BCUT2D eigenvalue weighted by Gasteiger charge is 2.25. The molecule has 2 aromatic rings. The Morgan fingerprint density at radius 1 is 0.769 bits per heavy atom. The van der Waals surface area contributed by atoms with Crippen molar-refractivity contribution in [2.45, 2.75) is 18.9 Å². The number of hydrogen-bond donors (Lipinski definition) is 0. The van der Waals surface area contributed by atoms with Gasteiger partial charge in [-0.15, -0.1) is 0 Å². The van der Waals surface area contributed by atoms with Crippen molar-refractivity contribution in [1.29, 1.82) is 0 Å². The van der Waals surface area contributed by atoms with Gasteiger partial charge in [-0.3, -0.25) is 4.90 Å². The van der Waals surface area contributed by atoms with E-state index >= 15 is 0 Å². The lowest BCUT2D eigenvalue weighted by Gasteiger charge is -2.27. The molecular formula is C21H27NO4. The van der Waals surface area contributed by atoms with Gasteiger partial charge in [0.05, 0.1) is 28.4 Å². The summed E-state index contributed by atoms with van der Waals surface area (Å²) in [4.78, 5) is 2.39. The Bertz CT molecular complexity index is 775. The number of methoxy groups -OCH3 is 4. The third-order valence-electron chi connectivity index (χ3n) is 5.18. The minimum atomic E-state index is 0.258. The fraction of sp³-hybridized carbons (Fsp3) is 0.429. The number of rotatable bonds is 5. The van der Waals surface area contributed by atoms with Gasteiger partial charge in [-0.05, 0) is 60.8 Å². The molecule has 1 aliphatic rings. The lowest BCUT2D eigenvalue weighted by atomic mass is 9.95. The zero-order chi connectivity index (χ0) is 18.7. The highest BCUT2D eigenvalue weighted by atomic mass is 16.5. The van der Waals surface area contributed by atoms with Crippen LogP contribution in [0.3, 0.4) is 0 Å². The summed E-state index contributed by atoms with van der Waals surface area (Å²) in [6.45, 7) is 0.974. The molecule has 5 heteroatoms. The first-order valence-electron chi connectivity index (χ1n) is 8.77. The molecule has 1 atom stereocenters. The van der Waals surface area contributed by atoms with E-state index in [2.05, 4.69) is 36.2 Å². The van der Waals surface area contributed by atoms with E-state index < -0.39 is 0 Å². The molecule has 0 aromatic heterocycles. The fourth-order valence-corrected chi connectivity index (χ4v) is 3.64.